The number of nitrogens with one attached hydrogen (secondary N) is 1. The Morgan fingerprint density at radius 3 is 2.37 bits per heavy atom. The first kappa shape index (κ1) is 36.1. The highest BCUT2D eigenvalue weighted by Gasteiger charge is 2.54. The molecule has 3 aliphatic heterocycles. The minimum atomic E-state index is -0.369. The lowest BCUT2D eigenvalue weighted by Gasteiger charge is -2.43. The van der Waals surface area contributed by atoms with Crippen LogP contribution in [0.3, 0.4) is 0 Å². The summed E-state index contributed by atoms with van der Waals surface area (Å²) in [7, 11) is 0. The highest BCUT2D eigenvalue weighted by atomic mass is 15.3. The number of nitrogens with zero attached hydrogens (tertiary/aromatic N) is 4. The van der Waals surface area contributed by atoms with Crippen LogP contribution >= 0.6 is 0 Å². The number of benzene rings is 5. The lowest BCUT2D eigenvalue weighted by molar-refractivity contribution is 0.170. The zero-order valence-corrected chi connectivity index (χ0v) is 34.8. The molecule has 5 aromatic rings. The highest BCUT2D eigenvalue weighted by Crippen LogP contribution is 2.55. The summed E-state index contributed by atoms with van der Waals surface area (Å²) in [6.45, 7) is 0. The van der Waals surface area contributed by atoms with Gasteiger partial charge in [-0.25, -0.2) is 9.98 Å². The summed E-state index contributed by atoms with van der Waals surface area (Å²) in [5, 5.41) is 6.07. The molecule has 5 aromatic carbocycles. The molecule has 0 aromatic heterocycles. The Kier molecular flexibility index (Phi) is 8.47. The van der Waals surface area contributed by atoms with E-state index in [-0.39, 0.29) is 12.2 Å². The molecule has 0 amide bonds. The van der Waals surface area contributed by atoms with Crippen LogP contribution in [0, 0.1) is 23.7 Å². The summed E-state index contributed by atoms with van der Waals surface area (Å²) in [6, 6.07) is 44.8. The smallest absolute Gasteiger partial charge is 0.169 e. The number of fused-ring (bicyclic) bond motifs is 8. The lowest BCUT2D eigenvalue weighted by atomic mass is 9.71. The van der Waals surface area contributed by atoms with Gasteiger partial charge in [-0.1, -0.05) is 146 Å². The fourth-order valence-electron chi connectivity index (χ4n) is 12.2. The molecule has 1 N–H and O–H groups in total. The van der Waals surface area contributed by atoms with Gasteiger partial charge < -0.3 is 10.2 Å². The van der Waals surface area contributed by atoms with Gasteiger partial charge in [-0.2, -0.15) is 0 Å². The quantitative estimate of drug-likeness (QED) is 0.192. The zero-order valence-electron chi connectivity index (χ0n) is 34.8. The number of hydrogen-bond donors (Lipinski definition) is 1. The number of allylic oxidation sites excluding steroid dienone is 7. The van der Waals surface area contributed by atoms with Crippen LogP contribution in [0.15, 0.2) is 209 Å². The van der Waals surface area contributed by atoms with Gasteiger partial charge in [-0.05, 0) is 119 Å². The first-order valence-corrected chi connectivity index (χ1v) is 22.8. The molecule has 8 unspecified atom stereocenters. The monoisotopic (exact) mass is 803 g/mol. The molecule has 302 valence electrons. The second-order valence-corrected chi connectivity index (χ2v) is 18.3. The van der Waals surface area contributed by atoms with Gasteiger partial charge in [0.1, 0.15) is 11.7 Å². The summed E-state index contributed by atoms with van der Waals surface area (Å²) in [5.74, 6) is 3.83. The minimum absolute atomic E-state index is 0.251. The third-order valence-corrected chi connectivity index (χ3v) is 15.1. The van der Waals surface area contributed by atoms with Crippen LogP contribution in [0.2, 0.25) is 0 Å². The van der Waals surface area contributed by atoms with Gasteiger partial charge in [0.15, 0.2) is 6.17 Å². The minimum Gasteiger partial charge on any atom is -0.324 e. The van der Waals surface area contributed by atoms with Crippen molar-refractivity contribution in [3.8, 4) is 0 Å². The number of aliphatic imine (C=N–C) groups is 2. The van der Waals surface area contributed by atoms with Crippen LogP contribution in [-0.2, 0) is 6.42 Å². The second-order valence-electron chi connectivity index (χ2n) is 18.3. The van der Waals surface area contributed by atoms with Crippen molar-refractivity contribution in [2.45, 2.75) is 56.4 Å². The first-order valence-electron chi connectivity index (χ1n) is 22.8. The largest absolute Gasteiger partial charge is 0.324 e. The third kappa shape index (κ3) is 5.85. The molecular formula is C57H49N5. The maximum absolute atomic E-state index is 5.30. The SMILES string of the molecule is C1=CC2C3CC4CCC=CC4=CC3N(C3CC=CC4=C3N(c3ccc(C5=NC(c6ccc7ccccc7c6)N=C(c6ccccc6)N5)cc3)C3=Cc5ccccc5CC34)C2C=C1. The van der Waals surface area contributed by atoms with Crippen molar-refractivity contribution in [2.75, 3.05) is 4.90 Å². The van der Waals surface area contributed by atoms with Gasteiger partial charge in [0, 0.05) is 52.1 Å². The van der Waals surface area contributed by atoms with E-state index >= 15 is 0 Å². The Balaban J connectivity index is 0.906. The normalized spacial score (nSPS) is 29.1. The molecule has 0 radical (unpaired) electrons. The van der Waals surface area contributed by atoms with Crippen LogP contribution in [0.5, 0.6) is 0 Å². The van der Waals surface area contributed by atoms with Crippen molar-refractivity contribution < 1.29 is 0 Å². The van der Waals surface area contributed by atoms with E-state index in [1.54, 1.807) is 5.57 Å². The molecule has 1 saturated heterocycles. The Labute approximate surface area is 364 Å². The van der Waals surface area contributed by atoms with Gasteiger partial charge >= 0.3 is 0 Å². The first-order chi connectivity index (χ1) is 30.7. The molecule has 62 heavy (non-hydrogen) atoms. The molecular weight excluding hydrogens is 755 g/mol. The molecule has 0 bridgehead atoms. The van der Waals surface area contributed by atoms with Crippen molar-refractivity contribution in [3.63, 3.8) is 0 Å². The van der Waals surface area contributed by atoms with Gasteiger partial charge in [-0.3, -0.25) is 4.90 Å². The average Bonchev–Trinajstić information content (AvgIpc) is 3.84. The van der Waals surface area contributed by atoms with E-state index in [2.05, 4.69) is 197 Å². The van der Waals surface area contributed by atoms with E-state index in [1.165, 1.54) is 63.8 Å². The molecule has 3 heterocycles. The molecule has 8 aliphatic rings. The highest BCUT2D eigenvalue weighted by molar-refractivity contribution is 6.16. The molecule has 0 saturated carbocycles. The van der Waals surface area contributed by atoms with Crippen LogP contribution in [-0.4, -0.2) is 34.7 Å². The van der Waals surface area contributed by atoms with E-state index in [0.717, 1.165) is 41.2 Å². The second kappa shape index (κ2) is 14.5. The fourth-order valence-corrected chi connectivity index (χ4v) is 12.2. The van der Waals surface area contributed by atoms with Crippen molar-refractivity contribution in [3.05, 3.63) is 226 Å². The number of amidine groups is 2. The van der Waals surface area contributed by atoms with Crippen LogP contribution in [0.1, 0.15) is 59.7 Å². The van der Waals surface area contributed by atoms with Crippen molar-refractivity contribution in [1.82, 2.24) is 10.2 Å². The molecule has 13 rings (SSSR count). The Morgan fingerprint density at radius 2 is 1.48 bits per heavy atom. The maximum Gasteiger partial charge on any atom is 0.169 e. The number of anilines is 1. The van der Waals surface area contributed by atoms with Crippen molar-refractivity contribution in [1.29, 1.82) is 0 Å². The Morgan fingerprint density at radius 1 is 0.694 bits per heavy atom. The number of likely N-dealkylation sites (tertiary alicyclic amines) is 1. The van der Waals surface area contributed by atoms with Crippen LogP contribution in [0.25, 0.3) is 16.8 Å². The lowest BCUT2D eigenvalue weighted by Crippen LogP contribution is -2.49. The van der Waals surface area contributed by atoms with Gasteiger partial charge in [0.25, 0.3) is 0 Å². The summed E-state index contributed by atoms with van der Waals surface area (Å²) >= 11 is 0. The van der Waals surface area contributed by atoms with E-state index in [9.17, 15) is 0 Å². The molecule has 1 fully saturated rings. The van der Waals surface area contributed by atoms with Crippen LogP contribution < -0.4 is 10.2 Å². The summed E-state index contributed by atoms with van der Waals surface area (Å²) in [4.78, 5) is 16.1. The molecule has 0 spiro atoms. The molecule has 5 nitrogen and oxygen atoms in total. The summed E-state index contributed by atoms with van der Waals surface area (Å²) < 4.78 is 0. The van der Waals surface area contributed by atoms with Gasteiger partial charge in [0.2, 0.25) is 0 Å². The van der Waals surface area contributed by atoms with E-state index < -0.39 is 0 Å². The molecule has 8 atom stereocenters. The number of rotatable bonds is 5. The summed E-state index contributed by atoms with van der Waals surface area (Å²) in [6.07, 6.45) is 30.1. The predicted octanol–water partition coefficient (Wildman–Crippen LogP) is 11.7. The number of hydrogen-bond acceptors (Lipinski definition) is 5. The average molecular weight is 804 g/mol. The Hall–Kier alpha value is -6.56. The molecule has 5 aliphatic carbocycles. The predicted molar refractivity (Wildman–Crippen MR) is 254 cm³/mol. The van der Waals surface area contributed by atoms with Crippen molar-refractivity contribution >= 4 is 34.2 Å². The van der Waals surface area contributed by atoms with E-state index in [4.69, 9.17) is 9.98 Å². The van der Waals surface area contributed by atoms with Crippen molar-refractivity contribution in [2.24, 2.45) is 33.7 Å². The standard InChI is InChI=1S/C57H49N5/c1-2-14-37(15-3-1)55-58-56(60-57(59-55)44-26-25-36-13-4-5-16-39(36)31-44)38-27-29-45(30-28-38)61-52-34-42-19-8-7-18-41(42)33-49(52)47-22-12-24-51(54(47)61)62-50-23-11-10-21-46(50)48-32-40-17-6-9-20-43(40)35-53(48)62/h1-5,7-16,18-23,25-31,34-35,40,46,48-51,53,57H,6,17,24,32-33H2,(H,58,59,60). The van der Waals surface area contributed by atoms with Gasteiger partial charge in [-0.15, -0.1) is 0 Å². The fraction of sp³-hybridized carbons (Fsp3) is 0.228. The zero-order chi connectivity index (χ0) is 40.7. The summed E-state index contributed by atoms with van der Waals surface area (Å²) in [5.41, 5.74) is 13.1. The van der Waals surface area contributed by atoms with Gasteiger partial charge in [0.05, 0.1) is 6.04 Å². The maximum atomic E-state index is 5.30. The van der Waals surface area contributed by atoms with E-state index in [0.29, 0.717) is 35.8 Å². The topological polar surface area (TPSA) is 43.2 Å². The van der Waals surface area contributed by atoms with Crippen LogP contribution in [0.4, 0.5) is 5.69 Å². The Bertz CT molecular complexity index is 2920. The third-order valence-electron chi connectivity index (χ3n) is 15.1. The van der Waals surface area contributed by atoms with E-state index in [1.807, 2.05) is 0 Å². The molecule has 5 heteroatoms.